The van der Waals surface area contributed by atoms with Crippen molar-refractivity contribution in [1.29, 1.82) is 0 Å². The molecule has 1 fully saturated rings. The van der Waals surface area contributed by atoms with Crippen molar-refractivity contribution in [3.8, 4) is 0 Å². The van der Waals surface area contributed by atoms with Crippen LogP contribution >= 0.6 is 23.2 Å². The van der Waals surface area contributed by atoms with Gasteiger partial charge in [-0.3, -0.25) is 4.79 Å². The number of aromatic nitrogens is 2. The van der Waals surface area contributed by atoms with Gasteiger partial charge < -0.3 is 24.0 Å². The SMILES string of the molecule is CCOC(=O)c1nc2cc(Cl)c(Cl)cc2nc1N1CCCN(C(=O)COCCOC)CC1. The molecule has 2 heterocycles. The third kappa shape index (κ3) is 5.98. The molecule has 2 aromatic rings. The van der Waals surface area contributed by atoms with Crippen molar-refractivity contribution in [3.05, 3.63) is 27.9 Å². The Kier molecular flexibility index (Phi) is 8.86. The number of nitrogens with zero attached hydrogens (tertiary/aromatic N) is 4. The van der Waals surface area contributed by atoms with Gasteiger partial charge in [0.05, 0.1) is 40.9 Å². The third-order valence-electron chi connectivity index (χ3n) is 4.96. The van der Waals surface area contributed by atoms with E-state index in [0.717, 1.165) is 0 Å². The predicted octanol–water partition coefficient (Wildman–Crippen LogP) is 2.82. The highest BCUT2D eigenvalue weighted by Crippen LogP contribution is 2.29. The monoisotopic (exact) mass is 484 g/mol. The first-order valence-electron chi connectivity index (χ1n) is 10.4. The molecule has 1 saturated heterocycles. The minimum Gasteiger partial charge on any atom is -0.461 e. The van der Waals surface area contributed by atoms with Crippen LogP contribution in [0.25, 0.3) is 11.0 Å². The molecule has 0 aliphatic carbocycles. The number of hydrogen-bond donors (Lipinski definition) is 0. The Balaban J connectivity index is 1.82. The van der Waals surface area contributed by atoms with E-state index in [4.69, 9.17) is 37.4 Å². The maximum absolute atomic E-state index is 12.6. The summed E-state index contributed by atoms with van der Waals surface area (Å²) in [5.74, 6) is -0.244. The second-order valence-corrected chi connectivity index (χ2v) is 7.95. The van der Waals surface area contributed by atoms with Crippen LogP contribution in [-0.2, 0) is 19.0 Å². The maximum atomic E-state index is 12.6. The van der Waals surface area contributed by atoms with Crippen LogP contribution in [0.4, 0.5) is 5.82 Å². The van der Waals surface area contributed by atoms with Gasteiger partial charge in [-0.25, -0.2) is 14.8 Å². The normalized spacial score (nSPS) is 14.5. The number of carbonyl (C=O) groups excluding carboxylic acids is 2. The van der Waals surface area contributed by atoms with Crippen molar-refractivity contribution in [2.75, 3.05) is 64.6 Å². The van der Waals surface area contributed by atoms with Gasteiger partial charge in [0, 0.05) is 33.3 Å². The van der Waals surface area contributed by atoms with E-state index in [2.05, 4.69) is 9.97 Å². The summed E-state index contributed by atoms with van der Waals surface area (Å²) >= 11 is 12.3. The highest BCUT2D eigenvalue weighted by Gasteiger charge is 2.26. The van der Waals surface area contributed by atoms with Crippen molar-refractivity contribution >= 4 is 51.9 Å². The molecule has 1 aliphatic heterocycles. The van der Waals surface area contributed by atoms with Crippen LogP contribution in [0, 0.1) is 0 Å². The standard InChI is InChI=1S/C21H26Cl2N4O5/c1-3-32-21(29)19-20(25-17-12-15(23)14(22)11-16(17)24-19)27-6-4-5-26(7-8-27)18(28)13-31-10-9-30-2/h11-12H,3-10,13H2,1-2H3. The topological polar surface area (TPSA) is 94.1 Å². The van der Waals surface area contributed by atoms with Crippen molar-refractivity contribution < 1.29 is 23.8 Å². The smallest absolute Gasteiger partial charge is 0.360 e. The van der Waals surface area contributed by atoms with Gasteiger partial charge >= 0.3 is 5.97 Å². The molecule has 1 amide bonds. The Bertz CT molecular complexity index is 975. The number of methoxy groups -OCH3 is 1. The van der Waals surface area contributed by atoms with Crippen molar-refractivity contribution in [1.82, 2.24) is 14.9 Å². The minimum absolute atomic E-state index is 0.00642. The molecule has 0 atom stereocenters. The summed E-state index contributed by atoms with van der Waals surface area (Å²) in [5, 5.41) is 0.678. The van der Waals surface area contributed by atoms with E-state index in [9.17, 15) is 9.59 Å². The molecule has 1 aromatic carbocycles. The third-order valence-corrected chi connectivity index (χ3v) is 5.68. The summed E-state index contributed by atoms with van der Waals surface area (Å²) in [6.45, 7) is 4.89. The number of hydrogen-bond acceptors (Lipinski definition) is 8. The van der Waals surface area contributed by atoms with E-state index in [0.29, 0.717) is 72.7 Å². The Morgan fingerprint density at radius 1 is 1.03 bits per heavy atom. The molecule has 0 spiro atoms. The average Bonchev–Trinajstić information content (AvgIpc) is 3.03. The number of benzene rings is 1. The maximum Gasteiger partial charge on any atom is 0.360 e. The van der Waals surface area contributed by atoms with Crippen LogP contribution in [0.3, 0.4) is 0 Å². The number of halogens is 2. The summed E-state index contributed by atoms with van der Waals surface area (Å²) in [5.41, 5.74) is 1.08. The van der Waals surface area contributed by atoms with E-state index in [1.807, 2.05) is 4.90 Å². The van der Waals surface area contributed by atoms with Gasteiger partial charge in [-0.2, -0.15) is 0 Å². The molecule has 9 nitrogen and oxygen atoms in total. The molecule has 1 aromatic heterocycles. The number of fused-ring (bicyclic) bond motifs is 1. The van der Waals surface area contributed by atoms with E-state index in [-0.39, 0.29) is 24.8 Å². The predicted molar refractivity (Wildman–Crippen MR) is 122 cm³/mol. The number of anilines is 1. The van der Waals surface area contributed by atoms with Crippen LogP contribution in [0.2, 0.25) is 10.0 Å². The first-order valence-corrected chi connectivity index (χ1v) is 11.1. The molecule has 0 saturated carbocycles. The zero-order chi connectivity index (χ0) is 23.1. The van der Waals surface area contributed by atoms with Crippen LogP contribution in [0.15, 0.2) is 12.1 Å². The number of carbonyl (C=O) groups is 2. The van der Waals surface area contributed by atoms with Crippen molar-refractivity contribution in [2.45, 2.75) is 13.3 Å². The Morgan fingerprint density at radius 2 is 1.75 bits per heavy atom. The molecule has 174 valence electrons. The van der Waals surface area contributed by atoms with Crippen molar-refractivity contribution in [2.24, 2.45) is 0 Å². The van der Waals surface area contributed by atoms with Gasteiger partial charge in [-0.15, -0.1) is 0 Å². The molecule has 0 radical (unpaired) electrons. The lowest BCUT2D eigenvalue weighted by Crippen LogP contribution is -2.38. The van der Waals surface area contributed by atoms with Crippen LogP contribution in [0.5, 0.6) is 0 Å². The largest absolute Gasteiger partial charge is 0.461 e. The second-order valence-electron chi connectivity index (χ2n) is 7.14. The molecule has 0 bridgehead atoms. The zero-order valence-electron chi connectivity index (χ0n) is 18.1. The fourth-order valence-electron chi connectivity index (χ4n) is 3.37. The summed E-state index contributed by atoms with van der Waals surface area (Å²) in [6.07, 6.45) is 0.702. The number of rotatable bonds is 8. The molecule has 11 heteroatoms. The molecule has 3 rings (SSSR count). The van der Waals surface area contributed by atoms with Crippen LogP contribution < -0.4 is 4.90 Å². The number of amides is 1. The lowest BCUT2D eigenvalue weighted by atomic mass is 10.2. The van der Waals surface area contributed by atoms with Crippen molar-refractivity contribution in [3.63, 3.8) is 0 Å². The lowest BCUT2D eigenvalue weighted by Gasteiger charge is -2.24. The summed E-state index contributed by atoms with van der Waals surface area (Å²) in [6, 6.07) is 3.20. The van der Waals surface area contributed by atoms with Crippen LogP contribution in [0.1, 0.15) is 23.8 Å². The fraction of sp³-hybridized carbons (Fsp3) is 0.524. The van der Waals surface area contributed by atoms with Crippen LogP contribution in [-0.4, -0.2) is 86.5 Å². The average molecular weight is 485 g/mol. The Labute approximate surface area is 196 Å². The van der Waals surface area contributed by atoms with Gasteiger partial charge in [-0.05, 0) is 25.5 Å². The quantitative estimate of drug-likeness (QED) is 0.416. The Morgan fingerprint density at radius 3 is 2.44 bits per heavy atom. The molecule has 32 heavy (non-hydrogen) atoms. The summed E-state index contributed by atoms with van der Waals surface area (Å²) in [4.78, 5) is 37.9. The molecule has 0 N–H and O–H groups in total. The molecule has 0 unspecified atom stereocenters. The van der Waals surface area contributed by atoms with E-state index in [1.165, 1.54) is 0 Å². The zero-order valence-corrected chi connectivity index (χ0v) is 19.6. The lowest BCUT2D eigenvalue weighted by molar-refractivity contribution is -0.136. The second kappa shape index (κ2) is 11.6. The first kappa shape index (κ1) is 24.4. The fourth-order valence-corrected chi connectivity index (χ4v) is 3.69. The Hall–Kier alpha value is -2.20. The van der Waals surface area contributed by atoms with Gasteiger partial charge in [0.2, 0.25) is 5.91 Å². The number of ether oxygens (including phenoxy) is 3. The van der Waals surface area contributed by atoms with E-state index < -0.39 is 5.97 Å². The van der Waals surface area contributed by atoms with Gasteiger partial charge in [-0.1, -0.05) is 23.2 Å². The minimum atomic E-state index is -0.563. The van der Waals surface area contributed by atoms with E-state index in [1.54, 1.807) is 31.1 Å². The summed E-state index contributed by atoms with van der Waals surface area (Å²) < 4.78 is 15.5. The molecular formula is C21H26Cl2N4O5. The van der Waals surface area contributed by atoms with Gasteiger partial charge in [0.15, 0.2) is 11.5 Å². The summed E-state index contributed by atoms with van der Waals surface area (Å²) in [7, 11) is 1.58. The highest BCUT2D eigenvalue weighted by molar-refractivity contribution is 6.42. The van der Waals surface area contributed by atoms with Gasteiger partial charge in [0.1, 0.15) is 6.61 Å². The number of esters is 1. The van der Waals surface area contributed by atoms with E-state index >= 15 is 0 Å². The van der Waals surface area contributed by atoms with Gasteiger partial charge in [0.25, 0.3) is 0 Å². The molecule has 1 aliphatic rings. The highest BCUT2D eigenvalue weighted by atomic mass is 35.5. The first-order chi connectivity index (χ1) is 15.4. The molecular weight excluding hydrogens is 459 g/mol.